The minimum atomic E-state index is -0.200. The van der Waals surface area contributed by atoms with Crippen molar-refractivity contribution < 1.29 is 19.0 Å². The number of carbonyl (C=O) groups excluding carboxylic acids is 1. The zero-order chi connectivity index (χ0) is 15.8. The van der Waals surface area contributed by atoms with Crippen LogP contribution in [0.5, 0.6) is 17.2 Å². The minimum absolute atomic E-state index is 0.0533. The van der Waals surface area contributed by atoms with Gasteiger partial charge in [0, 0.05) is 18.2 Å². The summed E-state index contributed by atoms with van der Waals surface area (Å²) >= 11 is 0. The van der Waals surface area contributed by atoms with Gasteiger partial charge in [0.15, 0.2) is 6.61 Å². The van der Waals surface area contributed by atoms with Gasteiger partial charge in [0.1, 0.15) is 17.2 Å². The summed E-state index contributed by atoms with van der Waals surface area (Å²) in [5.74, 6) is 1.82. The first-order valence-electron chi connectivity index (χ1n) is 6.88. The fourth-order valence-electron chi connectivity index (χ4n) is 1.93. The highest BCUT2D eigenvalue weighted by Gasteiger charge is 2.06. The molecule has 22 heavy (non-hydrogen) atoms. The number of rotatable bonds is 7. The number of ether oxygens (including phenoxy) is 3. The summed E-state index contributed by atoms with van der Waals surface area (Å²) in [6.07, 6.45) is 0. The highest BCUT2D eigenvalue weighted by atomic mass is 16.5. The first-order chi connectivity index (χ1) is 10.7. The quantitative estimate of drug-likeness (QED) is 0.853. The van der Waals surface area contributed by atoms with Gasteiger partial charge in [0.2, 0.25) is 0 Å². The van der Waals surface area contributed by atoms with Crippen LogP contribution < -0.4 is 19.5 Å². The minimum Gasteiger partial charge on any atom is -0.497 e. The number of hydrogen-bond donors (Lipinski definition) is 1. The molecule has 2 aromatic carbocycles. The van der Waals surface area contributed by atoms with E-state index < -0.39 is 0 Å². The Hall–Kier alpha value is -2.69. The average Bonchev–Trinajstić information content (AvgIpc) is 2.58. The third kappa shape index (κ3) is 4.41. The predicted molar refractivity (Wildman–Crippen MR) is 83.3 cm³/mol. The first kappa shape index (κ1) is 15.7. The first-order valence-corrected chi connectivity index (χ1v) is 6.88. The van der Waals surface area contributed by atoms with Gasteiger partial charge >= 0.3 is 0 Å². The fraction of sp³-hybridized carbons (Fsp3) is 0.235. The SMILES string of the molecule is COc1cccc(OCC(=O)NCc2ccccc2OC)c1. The van der Waals surface area contributed by atoms with Gasteiger partial charge in [-0.1, -0.05) is 24.3 Å². The van der Waals surface area contributed by atoms with Crippen LogP contribution >= 0.6 is 0 Å². The fourth-order valence-corrected chi connectivity index (χ4v) is 1.93. The lowest BCUT2D eigenvalue weighted by molar-refractivity contribution is -0.123. The molecule has 0 aliphatic carbocycles. The van der Waals surface area contributed by atoms with E-state index in [1.807, 2.05) is 30.3 Å². The second-order valence-corrected chi connectivity index (χ2v) is 4.56. The summed E-state index contributed by atoms with van der Waals surface area (Å²) < 4.78 is 15.8. The normalized spacial score (nSPS) is 9.91. The van der Waals surface area contributed by atoms with Crippen LogP contribution in [0.15, 0.2) is 48.5 Å². The molecule has 116 valence electrons. The van der Waals surface area contributed by atoms with E-state index in [0.717, 1.165) is 11.3 Å². The Labute approximate surface area is 129 Å². The number of nitrogens with one attached hydrogen (secondary N) is 1. The lowest BCUT2D eigenvalue weighted by Crippen LogP contribution is -2.28. The van der Waals surface area contributed by atoms with Gasteiger partial charge in [-0.05, 0) is 18.2 Å². The third-order valence-corrected chi connectivity index (χ3v) is 3.08. The predicted octanol–water partition coefficient (Wildman–Crippen LogP) is 2.40. The second kappa shape index (κ2) is 7.93. The smallest absolute Gasteiger partial charge is 0.258 e. The van der Waals surface area contributed by atoms with Crippen LogP contribution in [0.1, 0.15) is 5.56 Å². The van der Waals surface area contributed by atoms with Crippen LogP contribution in [0, 0.1) is 0 Å². The molecule has 0 atom stereocenters. The number of benzene rings is 2. The number of para-hydroxylation sites is 1. The Morgan fingerprint density at radius 2 is 1.77 bits per heavy atom. The van der Waals surface area contributed by atoms with Crippen molar-refractivity contribution in [3.8, 4) is 17.2 Å². The molecule has 0 bridgehead atoms. The van der Waals surface area contributed by atoms with Gasteiger partial charge in [-0.15, -0.1) is 0 Å². The maximum absolute atomic E-state index is 11.8. The van der Waals surface area contributed by atoms with E-state index in [0.29, 0.717) is 18.0 Å². The molecule has 2 aromatic rings. The number of methoxy groups -OCH3 is 2. The average molecular weight is 301 g/mol. The molecule has 0 heterocycles. The Balaban J connectivity index is 1.83. The number of hydrogen-bond acceptors (Lipinski definition) is 4. The molecular weight excluding hydrogens is 282 g/mol. The molecule has 2 rings (SSSR count). The largest absolute Gasteiger partial charge is 0.497 e. The van der Waals surface area contributed by atoms with Crippen molar-refractivity contribution in [3.05, 3.63) is 54.1 Å². The number of carbonyl (C=O) groups is 1. The van der Waals surface area contributed by atoms with Gasteiger partial charge < -0.3 is 19.5 Å². The van der Waals surface area contributed by atoms with Gasteiger partial charge in [-0.3, -0.25) is 4.79 Å². The lowest BCUT2D eigenvalue weighted by Gasteiger charge is -2.10. The molecule has 0 spiro atoms. The summed E-state index contributed by atoms with van der Waals surface area (Å²) in [7, 11) is 3.19. The van der Waals surface area contributed by atoms with E-state index in [1.165, 1.54) is 0 Å². The van der Waals surface area contributed by atoms with E-state index in [1.54, 1.807) is 32.4 Å². The topological polar surface area (TPSA) is 56.8 Å². The zero-order valence-corrected chi connectivity index (χ0v) is 12.7. The number of amides is 1. The van der Waals surface area contributed by atoms with Crippen LogP contribution in [0.2, 0.25) is 0 Å². The molecule has 0 aliphatic rings. The maximum Gasteiger partial charge on any atom is 0.258 e. The van der Waals surface area contributed by atoms with Crippen LogP contribution in [0.25, 0.3) is 0 Å². The summed E-state index contributed by atoms with van der Waals surface area (Å²) in [6, 6.07) is 14.7. The summed E-state index contributed by atoms with van der Waals surface area (Å²) in [5.41, 5.74) is 0.916. The highest BCUT2D eigenvalue weighted by Crippen LogP contribution is 2.19. The van der Waals surface area contributed by atoms with Crippen molar-refractivity contribution in [2.45, 2.75) is 6.54 Å². The zero-order valence-electron chi connectivity index (χ0n) is 12.7. The Kier molecular flexibility index (Phi) is 5.65. The molecule has 0 aromatic heterocycles. The summed E-state index contributed by atoms with van der Waals surface area (Å²) in [6.45, 7) is 0.340. The summed E-state index contributed by atoms with van der Waals surface area (Å²) in [5, 5.41) is 2.80. The summed E-state index contributed by atoms with van der Waals surface area (Å²) in [4.78, 5) is 11.8. The van der Waals surface area contributed by atoms with Crippen molar-refractivity contribution in [1.82, 2.24) is 5.32 Å². The Morgan fingerprint density at radius 3 is 2.55 bits per heavy atom. The van der Waals surface area contributed by atoms with Crippen molar-refractivity contribution in [2.75, 3.05) is 20.8 Å². The van der Waals surface area contributed by atoms with Gasteiger partial charge in [0.05, 0.1) is 14.2 Å². The van der Waals surface area contributed by atoms with Crippen molar-refractivity contribution in [3.63, 3.8) is 0 Å². The van der Waals surface area contributed by atoms with E-state index >= 15 is 0 Å². The second-order valence-electron chi connectivity index (χ2n) is 4.56. The molecule has 0 saturated heterocycles. The van der Waals surface area contributed by atoms with E-state index in [2.05, 4.69) is 5.32 Å². The molecule has 1 amide bonds. The third-order valence-electron chi connectivity index (χ3n) is 3.08. The van der Waals surface area contributed by atoms with Crippen LogP contribution in [-0.2, 0) is 11.3 Å². The molecule has 5 nitrogen and oxygen atoms in total. The monoisotopic (exact) mass is 301 g/mol. The standard InChI is InChI=1S/C17H19NO4/c1-20-14-7-5-8-15(10-14)22-12-17(19)18-11-13-6-3-4-9-16(13)21-2/h3-10H,11-12H2,1-2H3,(H,18,19). The van der Waals surface area contributed by atoms with Crippen LogP contribution in [-0.4, -0.2) is 26.7 Å². The molecule has 0 fully saturated rings. The Bertz CT molecular complexity index is 628. The molecule has 0 unspecified atom stereocenters. The maximum atomic E-state index is 11.8. The lowest BCUT2D eigenvalue weighted by atomic mass is 10.2. The molecule has 5 heteroatoms. The van der Waals surface area contributed by atoms with E-state index in [4.69, 9.17) is 14.2 Å². The molecular formula is C17H19NO4. The van der Waals surface area contributed by atoms with Crippen molar-refractivity contribution >= 4 is 5.91 Å². The van der Waals surface area contributed by atoms with Crippen LogP contribution in [0.3, 0.4) is 0 Å². The van der Waals surface area contributed by atoms with Gasteiger partial charge in [-0.25, -0.2) is 0 Å². The Morgan fingerprint density at radius 1 is 1.00 bits per heavy atom. The highest BCUT2D eigenvalue weighted by molar-refractivity contribution is 5.77. The molecule has 0 radical (unpaired) electrons. The van der Waals surface area contributed by atoms with Crippen LogP contribution in [0.4, 0.5) is 0 Å². The molecule has 0 saturated carbocycles. The van der Waals surface area contributed by atoms with E-state index in [9.17, 15) is 4.79 Å². The van der Waals surface area contributed by atoms with Gasteiger partial charge in [0.25, 0.3) is 5.91 Å². The molecule has 1 N–H and O–H groups in total. The van der Waals surface area contributed by atoms with Crippen molar-refractivity contribution in [1.29, 1.82) is 0 Å². The molecule has 0 aliphatic heterocycles. The van der Waals surface area contributed by atoms with Crippen molar-refractivity contribution in [2.24, 2.45) is 0 Å². The van der Waals surface area contributed by atoms with E-state index in [-0.39, 0.29) is 12.5 Å². The van der Waals surface area contributed by atoms with Gasteiger partial charge in [-0.2, -0.15) is 0 Å².